The van der Waals surface area contributed by atoms with Crippen LogP contribution in [-0.4, -0.2) is 16.5 Å². The third-order valence-electron chi connectivity index (χ3n) is 3.41. The molecule has 1 nitrogen and oxygen atoms in total. The lowest BCUT2D eigenvalue weighted by Gasteiger charge is -2.35. The van der Waals surface area contributed by atoms with Gasteiger partial charge < -0.3 is 0 Å². The Hall–Kier alpha value is -0.150. The van der Waals surface area contributed by atoms with Gasteiger partial charge in [0.2, 0.25) is 0 Å². The van der Waals surface area contributed by atoms with E-state index in [-0.39, 0.29) is 0 Å². The van der Waals surface area contributed by atoms with Gasteiger partial charge in [0, 0.05) is 11.9 Å². The quantitative estimate of drug-likeness (QED) is 0.642. The molecule has 0 spiro atoms. The Bertz CT molecular complexity index is 307. The van der Waals surface area contributed by atoms with Gasteiger partial charge in [-0.3, -0.25) is 0 Å². The molecule has 3 heteroatoms. The molecular formula is C13H19NS2. The summed E-state index contributed by atoms with van der Waals surface area (Å²) in [5.74, 6) is 2.19. The summed E-state index contributed by atoms with van der Waals surface area (Å²) in [7, 11) is 0. The fraction of sp³-hybridized carbons (Fsp3) is 0.615. The van der Waals surface area contributed by atoms with E-state index in [0.29, 0.717) is 5.41 Å². The van der Waals surface area contributed by atoms with Crippen molar-refractivity contribution in [3.05, 3.63) is 24.4 Å². The Kier molecular flexibility index (Phi) is 4.59. The Morgan fingerprint density at radius 2 is 2.06 bits per heavy atom. The molecule has 1 heterocycles. The number of rotatable bonds is 4. The molecule has 0 aliphatic heterocycles. The first-order valence-electron chi connectivity index (χ1n) is 5.99. The minimum Gasteiger partial charge on any atom is -0.250 e. The van der Waals surface area contributed by atoms with Gasteiger partial charge in [-0.25, -0.2) is 4.98 Å². The standard InChI is InChI=1S/C13H19NS2/c15-10-13(7-3-1-4-8-13)11-16-12-6-2-5-9-14-12/h2,5-6,9,15H,1,3-4,7-8,10-11H2. The first-order chi connectivity index (χ1) is 7.85. The number of hydrogen-bond donors (Lipinski definition) is 1. The maximum absolute atomic E-state index is 4.56. The molecule has 0 atom stereocenters. The molecule has 88 valence electrons. The monoisotopic (exact) mass is 253 g/mol. The summed E-state index contributed by atoms with van der Waals surface area (Å²) in [5, 5.41) is 1.15. The summed E-state index contributed by atoms with van der Waals surface area (Å²) >= 11 is 6.45. The van der Waals surface area contributed by atoms with E-state index in [1.54, 1.807) is 0 Å². The zero-order valence-corrected chi connectivity index (χ0v) is 11.3. The SMILES string of the molecule is SCC1(CSc2ccccn2)CCCCC1. The van der Waals surface area contributed by atoms with Gasteiger partial charge >= 0.3 is 0 Å². The molecule has 1 aliphatic carbocycles. The van der Waals surface area contributed by atoms with E-state index in [2.05, 4.69) is 29.7 Å². The zero-order valence-electron chi connectivity index (χ0n) is 9.56. The van der Waals surface area contributed by atoms with Crippen LogP contribution in [0, 0.1) is 5.41 Å². The lowest BCUT2D eigenvalue weighted by atomic mass is 9.77. The highest BCUT2D eigenvalue weighted by atomic mass is 32.2. The molecule has 0 amide bonds. The van der Waals surface area contributed by atoms with Gasteiger partial charge in [-0.15, -0.1) is 11.8 Å². The molecule has 0 saturated heterocycles. The summed E-state index contributed by atoms with van der Waals surface area (Å²) in [5.41, 5.74) is 0.462. The summed E-state index contributed by atoms with van der Waals surface area (Å²) < 4.78 is 0. The Morgan fingerprint density at radius 3 is 2.69 bits per heavy atom. The van der Waals surface area contributed by atoms with Crippen LogP contribution < -0.4 is 0 Å². The first-order valence-corrected chi connectivity index (χ1v) is 7.61. The van der Waals surface area contributed by atoms with E-state index >= 15 is 0 Å². The van der Waals surface area contributed by atoms with Gasteiger partial charge in [-0.1, -0.05) is 25.3 Å². The van der Waals surface area contributed by atoms with Crippen LogP contribution in [0.15, 0.2) is 29.4 Å². The van der Waals surface area contributed by atoms with Crippen LogP contribution in [0.2, 0.25) is 0 Å². The van der Waals surface area contributed by atoms with Crippen LogP contribution >= 0.6 is 24.4 Å². The van der Waals surface area contributed by atoms with Crippen LogP contribution in [0.25, 0.3) is 0 Å². The molecule has 0 N–H and O–H groups in total. The summed E-state index contributed by atoms with van der Waals surface area (Å²) in [6.45, 7) is 0. The molecule has 0 radical (unpaired) electrons. The van der Waals surface area contributed by atoms with Crippen LogP contribution in [0.5, 0.6) is 0 Å². The number of pyridine rings is 1. The Labute approximate surface area is 108 Å². The smallest absolute Gasteiger partial charge is 0.0959 e. The second-order valence-electron chi connectivity index (χ2n) is 4.68. The molecule has 1 aromatic heterocycles. The zero-order chi connectivity index (χ0) is 11.3. The Morgan fingerprint density at radius 1 is 1.25 bits per heavy atom. The topological polar surface area (TPSA) is 12.9 Å². The normalized spacial score (nSPS) is 19.6. The molecule has 1 aliphatic rings. The van der Waals surface area contributed by atoms with E-state index < -0.39 is 0 Å². The fourth-order valence-corrected chi connectivity index (χ4v) is 4.04. The van der Waals surface area contributed by atoms with Crippen molar-refractivity contribution in [3.63, 3.8) is 0 Å². The molecular weight excluding hydrogens is 234 g/mol. The van der Waals surface area contributed by atoms with Gasteiger partial charge in [0.25, 0.3) is 0 Å². The van der Waals surface area contributed by atoms with Gasteiger partial charge in [0.15, 0.2) is 0 Å². The van der Waals surface area contributed by atoms with Crippen molar-refractivity contribution in [2.24, 2.45) is 5.41 Å². The van der Waals surface area contributed by atoms with Crippen molar-refractivity contribution in [2.75, 3.05) is 11.5 Å². The number of thiol groups is 1. The van der Waals surface area contributed by atoms with E-state index in [1.165, 1.54) is 37.9 Å². The van der Waals surface area contributed by atoms with Gasteiger partial charge in [-0.05, 0) is 36.1 Å². The lowest BCUT2D eigenvalue weighted by Crippen LogP contribution is -2.28. The Balaban J connectivity index is 1.92. The number of thioether (sulfide) groups is 1. The van der Waals surface area contributed by atoms with Crippen molar-refractivity contribution in [2.45, 2.75) is 37.1 Å². The predicted octanol–water partition coefficient (Wildman–Crippen LogP) is 4.05. The third kappa shape index (κ3) is 3.17. The molecule has 1 aromatic rings. The molecule has 16 heavy (non-hydrogen) atoms. The van der Waals surface area contributed by atoms with Crippen LogP contribution in [0.3, 0.4) is 0 Å². The van der Waals surface area contributed by atoms with Crippen molar-refractivity contribution in [3.8, 4) is 0 Å². The van der Waals surface area contributed by atoms with Crippen LogP contribution in [-0.2, 0) is 0 Å². The van der Waals surface area contributed by atoms with Crippen molar-refractivity contribution < 1.29 is 0 Å². The van der Waals surface area contributed by atoms with Gasteiger partial charge in [0.1, 0.15) is 0 Å². The summed E-state index contributed by atoms with van der Waals surface area (Å²) in [4.78, 5) is 4.37. The summed E-state index contributed by atoms with van der Waals surface area (Å²) in [6, 6.07) is 6.13. The first kappa shape index (κ1) is 12.3. The third-order valence-corrected chi connectivity index (χ3v) is 5.38. The van der Waals surface area contributed by atoms with Crippen LogP contribution in [0.1, 0.15) is 32.1 Å². The highest BCUT2D eigenvalue weighted by Gasteiger charge is 2.30. The van der Waals surface area contributed by atoms with Crippen molar-refractivity contribution in [1.82, 2.24) is 4.98 Å². The average molecular weight is 253 g/mol. The van der Waals surface area contributed by atoms with E-state index in [1.807, 2.05) is 24.0 Å². The minimum absolute atomic E-state index is 0.462. The van der Waals surface area contributed by atoms with Crippen LogP contribution in [0.4, 0.5) is 0 Å². The van der Waals surface area contributed by atoms with Gasteiger partial charge in [-0.2, -0.15) is 12.6 Å². The second-order valence-corrected chi connectivity index (χ2v) is 5.99. The lowest BCUT2D eigenvalue weighted by molar-refractivity contribution is 0.258. The fourth-order valence-electron chi connectivity index (χ4n) is 2.31. The maximum Gasteiger partial charge on any atom is 0.0959 e. The average Bonchev–Trinajstić information content (AvgIpc) is 2.39. The van der Waals surface area contributed by atoms with E-state index in [0.717, 1.165) is 10.8 Å². The highest BCUT2D eigenvalue weighted by molar-refractivity contribution is 7.99. The molecule has 0 aromatic carbocycles. The molecule has 1 saturated carbocycles. The molecule has 1 fully saturated rings. The molecule has 0 bridgehead atoms. The van der Waals surface area contributed by atoms with E-state index in [9.17, 15) is 0 Å². The largest absolute Gasteiger partial charge is 0.250 e. The van der Waals surface area contributed by atoms with Gasteiger partial charge in [0.05, 0.1) is 5.03 Å². The maximum atomic E-state index is 4.56. The number of hydrogen-bond acceptors (Lipinski definition) is 3. The minimum atomic E-state index is 0.462. The highest BCUT2D eigenvalue weighted by Crippen LogP contribution is 2.41. The number of nitrogens with zero attached hydrogens (tertiary/aromatic N) is 1. The van der Waals surface area contributed by atoms with Crippen molar-refractivity contribution >= 4 is 24.4 Å². The summed E-state index contributed by atoms with van der Waals surface area (Å²) in [6.07, 6.45) is 8.72. The van der Waals surface area contributed by atoms with E-state index in [4.69, 9.17) is 0 Å². The number of aromatic nitrogens is 1. The molecule has 0 unspecified atom stereocenters. The van der Waals surface area contributed by atoms with Crippen molar-refractivity contribution in [1.29, 1.82) is 0 Å². The molecule has 2 rings (SSSR count). The second kappa shape index (κ2) is 5.97. The predicted molar refractivity (Wildman–Crippen MR) is 74.3 cm³/mol.